The second-order valence-electron chi connectivity index (χ2n) is 6.17. The van der Waals surface area contributed by atoms with E-state index in [1.807, 2.05) is 12.1 Å². The van der Waals surface area contributed by atoms with Crippen LogP contribution in [0, 0.1) is 5.92 Å². The van der Waals surface area contributed by atoms with Crippen LogP contribution in [0.15, 0.2) is 18.2 Å². The van der Waals surface area contributed by atoms with Crippen LogP contribution in [-0.4, -0.2) is 43.3 Å². The Bertz CT molecular complexity index is 442. The molecule has 0 aromatic heterocycles. The lowest BCUT2D eigenvalue weighted by Gasteiger charge is -2.36. The summed E-state index contributed by atoms with van der Waals surface area (Å²) in [5.41, 5.74) is 0.947. The molecule has 0 saturated carbocycles. The fraction of sp³-hybridized carbons (Fsp3) is 0.647. The molecule has 1 aliphatic rings. The molecule has 0 amide bonds. The van der Waals surface area contributed by atoms with Crippen molar-refractivity contribution in [3.63, 3.8) is 0 Å². The quantitative estimate of drug-likeness (QED) is 0.846. The van der Waals surface area contributed by atoms with E-state index in [0.29, 0.717) is 11.7 Å². The van der Waals surface area contributed by atoms with Crippen molar-refractivity contribution < 1.29 is 9.84 Å². The maximum Gasteiger partial charge on any atom is 0.127 e. The molecule has 1 fully saturated rings. The van der Waals surface area contributed by atoms with Crippen LogP contribution >= 0.6 is 0 Å². The molecular weight excluding hydrogens is 264 g/mol. The fourth-order valence-corrected chi connectivity index (χ4v) is 3.04. The minimum Gasteiger partial charge on any atom is -0.507 e. The van der Waals surface area contributed by atoms with Gasteiger partial charge >= 0.3 is 0 Å². The number of hydrogen-bond donors (Lipinski definition) is 2. The van der Waals surface area contributed by atoms with Gasteiger partial charge in [0, 0.05) is 32.2 Å². The average molecular weight is 292 g/mol. The number of hydrogen-bond acceptors (Lipinski definition) is 4. The summed E-state index contributed by atoms with van der Waals surface area (Å²) >= 11 is 0. The predicted molar refractivity (Wildman–Crippen MR) is 85.9 cm³/mol. The summed E-state index contributed by atoms with van der Waals surface area (Å²) in [4.78, 5) is 2.47. The van der Waals surface area contributed by atoms with E-state index in [4.69, 9.17) is 4.74 Å². The van der Waals surface area contributed by atoms with Crippen LogP contribution in [0.5, 0.6) is 11.5 Å². The number of rotatable bonds is 6. The van der Waals surface area contributed by atoms with Crippen molar-refractivity contribution in [1.82, 2.24) is 10.2 Å². The largest absolute Gasteiger partial charge is 0.507 e. The SMILES string of the molecule is COc1cccc(O)c1[C@@H](CCC(C)C)N1CCNCC1. The number of piperazine rings is 1. The van der Waals surface area contributed by atoms with Crippen LogP contribution in [0.4, 0.5) is 0 Å². The molecule has 1 atom stereocenters. The molecule has 1 heterocycles. The van der Waals surface area contributed by atoms with Gasteiger partial charge in [-0.05, 0) is 30.9 Å². The van der Waals surface area contributed by atoms with E-state index < -0.39 is 0 Å². The summed E-state index contributed by atoms with van der Waals surface area (Å²) in [5.74, 6) is 1.80. The first-order chi connectivity index (χ1) is 10.1. The number of nitrogens with one attached hydrogen (secondary N) is 1. The Balaban J connectivity index is 2.29. The smallest absolute Gasteiger partial charge is 0.127 e. The number of benzene rings is 1. The van der Waals surface area contributed by atoms with Crippen molar-refractivity contribution in [1.29, 1.82) is 0 Å². The minimum absolute atomic E-state index is 0.227. The summed E-state index contributed by atoms with van der Waals surface area (Å²) in [6.45, 7) is 8.54. The van der Waals surface area contributed by atoms with E-state index in [2.05, 4.69) is 24.1 Å². The van der Waals surface area contributed by atoms with E-state index in [1.54, 1.807) is 13.2 Å². The molecule has 1 aromatic rings. The lowest BCUT2D eigenvalue weighted by molar-refractivity contribution is 0.154. The second kappa shape index (κ2) is 7.66. The number of nitrogens with zero attached hydrogens (tertiary/aromatic N) is 1. The molecule has 118 valence electrons. The van der Waals surface area contributed by atoms with Crippen LogP contribution in [0.1, 0.15) is 38.3 Å². The van der Waals surface area contributed by atoms with Gasteiger partial charge in [0.1, 0.15) is 11.5 Å². The minimum atomic E-state index is 0.227. The standard InChI is InChI=1S/C17H28N2O2/c1-13(2)7-8-14(19-11-9-18-10-12-19)17-15(20)5-4-6-16(17)21-3/h4-6,13-14,18,20H,7-12H2,1-3H3/t14-/m1/s1. The summed E-state index contributed by atoms with van der Waals surface area (Å²) in [6, 6.07) is 5.78. The summed E-state index contributed by atoms with van der Waals surface area (Å²) in [6.07, 6.45) is 2.19. The third-order valence-corrected chi connectivity index (χ3v) is 4.21. The Hall–Kier alpha value is -1.26. The lowest BCUT2D eigenvalue weighted by atomic mass is 9.94. The van der Waals surface area contributed by atoms with E-state index in [9.17, 15) is 5.11 Å². The van der Waals surface area contributed by atoms with Gasteiger partial charge in [-0.25, -0.2) is 0 Å². The number of phenols is 1. The highest BCUT2D eigenvalue weighted by atomic mass is 16.5. The Kier molecular flexibility index (Phi) is 5.88. The third kappa shape index (κ3) is 4.11. The molecule has 0 unspecified atom stereocenters. The molecule has 0 bridgehead atoms. The van der Waals surface area contributed by atoms with Gasteiger partial charge in [-0.1, -0.05) is 19.9 Å². The fourth-order valence-electron chi connectivity index (χ4n) is 3.04. The van der Waals surface area contributed by atoms with Crippen molar-refractivity contribution in [2.75, 3.05) is 33.3 Å². The molecular formula is C17H28N2O2. The monoisotopic (exact) mass is 292 g/mol. The summed E-state index contributed by atoms with van der Waals surface area (Å²) < 4.78 is 5.50. The van der Waals surface area contributed by atoms with Gasteiger partial charge in [0.25, 0.3) is 0 Å². The van der Waals surface area contributed by atoms with Crippen molar-refractivity contribution >= 4 is 0 Å². The molecule has 2 N–H and O–H groups in total. The number of aromatic hydroxyl groups is 1. The molecule has 1 aliphatic heterocycles. The van der Waals surface area contributed by atoms with E-state index >= 15 is 0 Å². The van der Waals surface area contributed by atoms with Crippen LogP contribution in [0.3, 0.4) is 0 Å². The van der Waals surface area contributed by atoms with Crippen LogP contribution in [0.25, 0.3) is 0 Å². The third-order valence-electron chi connectivity index (χ3n) is 4.21. The second-order valence-corrected chi connectivity index (χ2v) is 6.17. The van der Waals surface area contributed by atoms with E-state index in [1.165, 1.54) is 0 Å². The maximum absolute atomic E-state index is 10.4. The molecule has 4 heteroatoms. The summed E-state index contributed by atoms with van der Waals surface area (Å²) in [7, 11) is 1.68. The normalized spacial score (nSPS) is 17.9. The maximum atomic E-state index is 10.4. The number of ether oxygens (including phenoxy) is 1. The first kappa shape index (κ1) is 16.1. The van der Waals surface area contributed by atoms with Gasteiger partial charge in [-0.3, -0.25) is 4.90 Å². The molecule has 0 radical (unpaired) electrons. The van der Waals surface area contributed by atoms with E-state index in [0.717, 1.165) is 50.3 Å². The van der Waals surface area contributed by atoms with Crippen molar-refractivity contribution in [2.24, 2.45) is 5.92 Å². The van der Waals surface area contributed by atoms with Crippen LogP contribution < -0.4 is 10.1 Å². The molecule has 0 aliphatic carbocycles. The first-order valence-electron chi connectivity index (χ1n) is 7.94. The van der Waals surface area contributed by atoms with Crippen molar-refractivity contribution in [3.05, 3.63) is 23.8 Å². The topological polar surface area (TPSA) is 44.7 Å². The first-order valence-corrected chi connectivity index (χ1v) is 7.94. The molecule has 1 saturated heterocycles. The Morgan fingerprint density at radius 1 is 1.24 bits per heavy atom. The van der Waals surface area contributed by atoms with Gasteiger partial charge in [0.15, 0.2) is 0 Å². The van der Waals surface area contributed by atoms with Crippen LogP contribution in [-0.2, 0) is 0 Å². The highest BCUT2D eigenvalue weighted by Crippen LogP contribution is 2.39. The van der Waals surface area contributed by atoms with Gasteiger partial charge < -0.3 is 15.2 Å². The summed E-state index contributed by atoms with van der Waals surface area (Å²) in [5, 5.41) is 13.8. The molecule has 4 nitrogen and oxygen atoms in total. The highest BCUT2D eigenvalue weighted by molar-refractivity contribution is 5.46. The van der Waals surface area contributed by atoms with Gasteiger partial charge in [-0.15, -0.1) is 0 Å². The van der Waals surface area contributed by atoms with Crippen molar-refractivity contribution in [2.45, 2.75) is 32.7 Å². The number of phenolic OH excluding ortho intramolecular Hbond substituents is 1. The lowest BCUT2D eigenvalue weighted by Crippen LogP contribution is -2.45. The highest BCUT2D eigenvalue weighted by Gasteiger charge is 2.27. The zero-order valence-corrected chi connectivity index (χ0v) is 13.4. The molecule has 1 aromatic carbocycles. The van der Waals surface area contributed by atoms with Crippen molar-refractivity contribution in [3.8, 4) is 11.5 Å². The zero-order valence-electron chi connectivity index (χ0n) is 13.4. The predicted octanol–water partition coefficient (Wildman–Crippen LogP) is 2.78. The number of methoxy groups -OCH3 is 1. The van der Waals surface area contributed by atoms with E-state index in [-0.39, 0.29) is 6.04 Å². The Morgan fingerprint density at radius 2 is 1.95 bits per heavy atom. The molecule has 0 spiro atoms. The molecule has 21 heavy (non-hydrogen) atoms. The Labute approximate surface area is 128 Å². The van der Waals surface area contributed by atoms with Crippen LogP contribution in [0.2, 0.25) is 0 Å². The Morgan fingerprint density at radius 3 is 2.57 bits per heavy atom. The molecule has 2 rings (SSSR count). The van der Waals surface area contributed by atoms with Gasteiger partial charge in [0.2, 0.25) is 0 Å². The zero-order chi connectivity index (χ0) is 15.2. The average Bonchev–Trinajstić information content (AvgIpc) is 2.49. The van der Waals surface area contributed by atoms with Gasteiger partial charge in [0.05, 0.1) is 12.7 Å². The van der Waals surface area contributed by atoms with Gasteiger partial charge in [-0.2, -0.15) is 0 Å².